The van der Waals surface area contributed by atoms with Gasteiger partial charge in [-0.2, -0.15) is 0 Å². The van der Waals surface area contributed by atoms with Gasteiger partial charge >= 0.3 is 0 Å². The average molecular weight is 291 g/mol. The third-order valence-electron chi connectivity index (χ3n) is 3.75. The summed E-state index contributed by atoms with van der Waals surface area (Å²) < 4.78 is 0. The van der Waals surface area contributed by atoms with Gasteiger partial charge in [-0.25, -0.2) is 0 Å². The van der Waals surface area contributed by atoms with E-state index in [1.807, 2.05) is 4.90 Å². The molecule has 2 N–H and O–H groups in total. The molecule has 0 aromatic heterocycles. The lowest BCUT2D eigenvalue weighted by atomic mass is 9.96. The molecule has 1 atom stereocenters. The molecule has 2 rings (SSSR count). The maximum atomic E-state index is 11.4. The van der Waals surface area contributed by atoms with Crippen LogP contribution in [0.4, 0.5) is 11.4 Å². The lowest BCUT2D eigenvalue weighted by Crippen LogP contribution is -2.41. The van der Waals surface area contributed by atoms with Gasteiger partial charge in [0.1, 0.15) is 0 Å². The van der Waals surface area contributed by atoms with Crippen LogP contribution in [0.15, 0.2) is 18.2 Å². The Bertz CT molecular complexity index is 600. The van der Waals surface area contributed by atoms with E-state index >= 15 is 0 Å². The van der Waals surface area contributed by atoms with E-state index in [-0.39, 0.29) is 28.9 Å². The molecular formula is C14H17N3O4. The maximum Gasteiger partial charge on any atom is 0.282 e. The molecule has 0 saturated carbocycles. The van der Waals surface area contributed by atoms with Gasteiger partial charge in [-0.05, 0) is 31.9 Å². The van der Waals surface area contributed by atoms with E-state index in [9.17, 15) is 19.7 Å². The van der Waals surface area contributed by atoms with Crippen LogP contribution in [0.1, 0.15) is 30.1 Å². The molecule has 1 amide bonds. The predicted octanol–water partition coefficient (Wildman–Crippen LogP) is 1.50. The lowest BCUT2D eigenvalue weighted by Gasteiger charge is -2.32. The normalized spacial score (nSPS) is 18.3. The summed E-state index contributed by atoms with van der Waals surface area (Å²) in [7, 11) is 0. The first-order valence-corrected chi connectivity index (χ1v) is 6.73. The number of carbonyl (C=O) groups is 2. The van der Waals surface area contributed by atoms with Crippen LogP contribution in [-0.2, 0) is 4.79 Å². The quantitative estimate of drug-likeness (QED) is 0.514. The monoisotopic (exact) mass is 291 g/mol. The molecular weight excluding hydrogens is 274 g/mol. The van der Waals surface area contributed by atoms with Crippen molar-refractivity contribution in [2.24, 2.45) is 11.7 Å². The van der Waals surface area contributed by atoms with Crippen molar-refractivity contribution < 1.29 is 14.5 Å². The lowest BCUT2D eigenvalue weighted by molar-refractivity contribution is -0.385. The van der Waals surface area contributed by atoms with E-state index in [1.54, 1.807) is 6.07 Å². The van der Waals surface area contributed by atoms with Crippen molar-refractivity contribution in [2.75, 3.05) is 18.0 Å². The van der Waals surface area contributed by atoms with E-state index in [1.165, 1.54) is 19.1 Å². The number of benzene rings is 1. The summed E-state index contributed by atoms with van der Waals surface area (Å²) in [5, 5.41) is 11.1. The highest BCUT2D eigenvalue weighted by molar-refractivity contribution is 5.98. The van der Waals surface area contributed by atoms with Gasteiger partial charge in [0.2, 0.25) is 5.91 Å². The van der Waals surface area contributed by atoms with Crippen LogP contribution in [0.25, 0.3) is 0 Å². The molecule has 7 heteroatoms. The van der Waals surface area contributed by atoms with Gasteiger partial charge in [-0.3, -0.25) is 19.7 Å². The Kier molecular flexibility index (Phi) is 4.21. The number of nitrogens with zero attached hydrogens (tertiary/aromatic N) is 2. The summed E-state index contributed by atoms with van der Waals surface area (Å²) in [5.41, 5.74) is 5.85. The number of Topliss-reactive ketones (excluding diaryl/α,β-unsaturated/α-hetero) is 1. The first-order chi connectivity index (χ1) is 9.90. The molecule has 7 nitrogen and oxygen atoms in total. The van der Waals surface area contributed by atoms with Crippen LogP contribution >= 0.6 is 0 Å². The number of nitrogens with two attached hydrogens (primary N) is 1. The van der Waals surface area contributed by atoms with Crippen molar-refractivity contribution >= 4 is 23.1 Å². The number of nitro groups is 1. The van der Waals surface area contributed by atoms with Gasteiger partial charge in [0.25, 0.3) is 5.69 Å². The Morgan fingerprint density at radius 2 is 2.14 bits per heavy atom. The fourth-order valence-electron chi connectivity index (χ4n) is 2.61. The van der Waals surface area contributed by atoms with Crippen molar-refractivity contribution in [3.8, 4) is 0 Å². The fourth-order valence-corrected chi connectivity index (χ4v) is 2.61. The largest absolute Gasteiger partial charge is 0.371 e. The van der Waals surface area contributed by atoms with E-state index < -0.39 is 4.92 Å². The van der Waals surface area contributed by atoms with E-state index in [2.05, 4.69) is 0 Å². The first-order valence-electron chi connectivity index (χ1n) is 6.73. The highest BCUT2D eigenvalue weighted by Gasteiger charge is 2.26. The van der Waals surface area contributed by atoms with Gasteiger partial charge < -0.3 is 10.6 Å². The number of hydrogen-bond acceptors (Lipinski definition) is 5. The molecule has 0 bridgehead atoms. The summed E-state index contributed by atoms with van der Waals surface area (Å²) >= 11 is 0. The molecule has 0 aliphatic carbocycles. The van der Waals surface area contributed by atoms with Crippen molar-refractivity contribution in [2.45, 2.75) is 19.8 Å². The number of anilines is 1. The van der Waals surface area contributed by atoms with E-state index in [4.69, 9.17) is 5.73 Å². The van der Waals surface area contributed by atoms with Crippen molar-refractivity contribution in [1.29, 1.82) is 0 Å². The number of piperidine rings is 1. The zero-order chi connectivity index (χ0) is 15.6. The second kappa shape index (κ2) is 5.90. The molecule has 1 fully saturated rings. The summed E-state index contributed by atoms with van der Waals surface area (Å²) in [6.07, 6.45) is 1.54. The minimum atomic E-state index is -0.560. The topological polar surface area (TPSA) is 107 Å². The van der Waals surface area contributed by atoms with Crippen LogP contribution in [0.3, 0.4) is 0 Å². The van der Waals surface area contributed by atoms with Crippen molar-refractivity contribution in [3.05, 3.63) is 33.9 Å². The van der Waals surface area contributed by atoms with Crippen LogP contribution < -0.4 is 10.6 Å². The molecule has 1 aliphatic rings. The van der Waals surface area contributed by atoms with Gasteiger partial charge in [0, 0.05) is 24.8 Å². The minimum absolute atomic E-state index is 0.0900. The van der Waals surface area contributed by atoms with E-state index in [0.717, 1.165) is 12.8 Å². The Hall–Kier alpha value is -2.44. The molecule has 1 saturated heterocycles. The molecule has 1 aromatic carbocycles. The number of amides is 1. The predicted molar refractivity (Wildman–Crippen MR) is 77.2 cm³/mol. The van der Waals surface area contributed by atoms with Crippen LogP contribution in [-0.4, -0.2) is 29.7 Å². The SMILES string of the molecule is CC(=O)c1ccc(N2CCCC(C(N)=O)C2)cc1[N+](=O)[O-]. The number of ketones is 1. The third kappa shape index (κ3) is 3.18. The van der Waals surface area contributed by atoms with Crippen LogP contribution in [0.5, 0.6) is 0 Å². The zero-order valence-electron chi connectivity index (χ0n) is 11.7. The number of carbonyl (C=O) groups excluding carboxylic acids is 2. The molecule has 1 aromatic rings. The summed E-state index contributed by atoms with van der Waals surface area (Å²) in [6.45, 7) is 2.46. The zero-order valence-corrected chi connectivity index (χ0v) is 11.7. The average Bonchev–Trinajstić information content (AvgIpc) is 2.46. The minimum Gasteiger partial charge on any atom is -0.371 e. The van der Waals surface area contributed by atoms with Gasteiger partial charge in [-0.15, -0.1) is 0 Å². The second-order valence-electron chi connectivity index (χ2n) is 5.20. The second-order valence-corrected chi connectivity index (χ2v) is 5.20. The molecule has 21 heavy (non-hydrogen) atoms. The smallest absolute Gasteiger partial charge is 0.282 e. The van der Waals surface area contributed by atoms with Gasteiger partial charge in [0.15, 0.2) is 5.78 Å². The Balaban J connectivity index is 2.32. The van der Waals surface area contributed by atoms with Crippen molar-refractivity contribution in [3.63, 3.8) is 0 Å². The highest BCUT2D eigenvalue weighted by Crippen LogP contribution is 2.29. The van der Waals surface area contributed by atoms with E-state index in [0.29, 0.717) is 18.8 Å². The first kappa shape index (κ1) is 15.0. The number of rotatable bonds is 4. The summed E-state index contributed by atoms with van der Waals surface area (Å²) in [4.78, 5) is 35.1. The van der Waals surface area contributed by atoms with Gasteiger partial charge in [-0.1, -0.05) is 0 Å². The fraction of sp³-hybridized carbons (Fsp3) is 0.429. The summed E-state index contributed by atoms with van der Waals surface area (Å²) in [5.74, 6) is -0.943. The number of nitro benzene ring substituents is 1. The molecule has 1 heterocycles. The Labute approximate surface area is 121 Å². The van der Waals surface area contributed by atoms with Crippen molar-refractivity contribution in [1.82, 2.24) is 0 Å². The molecule has 0 spiro atoms. The Morgan fingerprint density at radius 1 is 1.43 bits per heavy atom. The molecule has 0 radical (unpaired) electrons. The standard InChI is InChI=1S/C14H17N3O4/c1-9(18)12-5-4-11(7-13(12)17(20)21)16-6-2-3-10(8-16)14(15)19/h4-5,7,10H,2-3,6,8H2,1H3,(H2,15,19). The van der Waals surface area contributed by atoms with Gasteiger partial charge in [0.05, 0.1) is 16.4 Å². The Morgan fingerprint density at radius 3 is 2.71 bits per heavy atom. The number of primary amides is 1. The molecule has 112 valence electrons. The summed E-state index contributed by atoms with van der Waals surface area (Å²) in [6, 6.07) is 4.52. The highest BCUT2D eigenvalue weighted by atomic mass is 16.6. The maximum absolute atomic E-state index is 11.4. The van der Waals surface area contributed by atoms with Crippen LogP contribution in [0.2, 0.25) is 0 Å². The molecule has 1 aliphatic heterocycles. The number of hydrogen-bond donors (Lipinski definition) is 1. The van der Waals surface area contributed by atoms with Crippen LogP contribution in [0, 0.1) is 16.0 Å². The third-order valence-corrected chi connectivity index (χ3v) is 3.75. The molecule has 1 unspecified atom stereocenters.